The first-order chi connectivity index (χ1) is 7.06. The van der Waals surface area contributed by atoms with Crippen molar-refractivity contribution in [1.82, 2.24) is 4.90 Å². The molecule has 2 atom stereocenters. The number of hydrogen-bond acceptors (Lipinski definition) is 2. The highest BCUT2D eigenvalue weighted by Gasteiger charge is 2.32. The standard InChI is InChI=1S/C13H28N2/c1-5-13(11-6-7-11)15(4)9-8-12(14)10(2)3/h10-13H,5-9,14H2,1-4H3. The van der Waals surface area contributed by atoms with E-state index in [0.717, 1.165) is 24.9 Å². The molecule has 0 aliphatic heterocycles. The Hall–Kier alpha value is -0.0800. The topological polar surface area (TPSA) is 29.3 Å². The van der Waals surface area contributed by atoms with Gasteiger partial charge in [-0.25, -0.2) is 0 Å². The minimum atomic E-state index is 0.365. The third-order valence-electron chi connectivity index (χ3n) is 3.82. The minimum Gasteiger partial charge on any atom is -0.327 e. The van der Waals surface area contributed by atoms with E-state index < -0.39 is 0 Å². The van der Waals surface area contributed by atoms with Crippen molar-refractivity contribution in [2.24, 2.45) is 17.6 Å². The maximum atomic E-state index is 6.07. The van der Waals surface area contributed by atoms with Crippen LogP contribution >= 0.6 is 0 Å². The highest BCUT2D eigenvalue weighted by Crippen LogP contribution is 2.36. The molecule has 0 aromatic heterocycles. The van der Waals surface area contributed by atoms with Crippen LogP contribution in [-0.2, 0) is 0 Å². The fourth-order valence-electron chi connectivity index (χ4n) is 2.34. The normalized spacial score (nSPS) is 21.0. The van der Waals surface area contributed by atoms with Crippen molar-refractivity contribution < 1.29 is 0 Å². The summed E-state index contributed by atoms with van der Waals surface area (Å²) in [5, 5.41) is 0. The van der Waals surface area contributed by atoms with Crippen LogP contribution in [0.25, 0.3) is 0 Å². The van der Waals surface area contributed by atoms with Gasteiger partial charge in [0.1, 0.15) is 0 Å². The molecule has 0 radical (unpaired) electrons. The monoisotopic (exact) mass is 212 g/mol. The molecule has 1 aliphatic rings. The van der Waals surface area contributed by atoms with Gasteiger partial charge >= 0.3 is 0 Å². The van der Waals surface area contributed by atoms with Crippen LogP contribution in [0.1, 0.15) is 46.5 Å². The lowest BCUT2D eigenvalue weighted by atomic mass is 10.0. The second-order valence-corrected chi connectivity index (χ2v) is 5.49. The number of hydrogen-bond donors (Lipinski definition) is 1. The van der Waals surface area contributed by atoms with E-state index in [1.165, 1.54) is 19.3 Å². The van der Waals surface area contributed by atoms with E-state index in [2.05, 4.69) is 32.7 Å². The zero-order valence-electron chi connectivity index (χ0n) is 10.9. The zero-order chi connectivity index (χ0) is 11.4. The first-order valence-electron chi connectivity index (χ1n) is 6.52. The van der Waals surface area contributed by atoms with Crippen LogP contribution in [0.2, 0.25) is 0 Å². The molecule has 2 unspecified atom stereocenters. The summed E-state index contributed by atoms with van der Waals surface area (Å²) >= 11 is 0. The van der Waals surface area contributed by atoms with Crippen LogP contribution < -0.4 is 5.73 Å². The summed E-state index contributed by atoms with van der Waals surface area (Å²) in [6, 6.07) is 1.17. The third-order valence-corrected chi connectivity index (χ3v) is 3.82. The van der Waals surface area contributed by atoms with E-state index in [-0.39, 0.29) is 0 Å². The van der Waals surface area contributed by atoms with Crippen LogP contribution in [0.3, 0.4) is 0 Å². The fourth-order valence-corrected chi connectivity index (χ4v) is 2.34. The van der Waals surface area contributed by atoms with E-state index in [4.69, 9.17) is 5.73 Å². The molecule has 1 saturated carbocycles. The molecule has 0 aromatic carbocycles. The van der Waals surface area contributed by atoms with Crippen molar-refractivity contribution in [2.45, 2.75) is 58.5 Å². The number of nitrogens with zero attached hydrogens (tertiary/aromatic N) is 1. The first kappa shape index (κ1) is 13.0. The molecular formula is C13H28N2. The second kappa shape index (κ2) is 5.86. The lowest BCUT2D eigenvalue weighted by Crippen LogP contribution is -2.37. The van der Waals surface area contributed by atoms with Crippen LogP contribution in [0.5, 0.6) is 0 Å². The van der Waals surface area contributed by atoms with Gasteiger partial charge in [-0.2, -0.15) is 0 Å². The molecule has 0 spiro atoms. The SMILES string of the molecule is CCC(C1CC1)N(C)CCC(N)C(C)C. The van der Waals surface area contributed by atoms with Crippen LogP contribution in [0.15, 0.2) is 0 Å². The molecule has 1 fully saturated rings. The van der Waals surface area contributed by atoms with Gasteiger partial charge in [-0.1, -0.05) is 20.8 Å². The average Bonchev–Trinajstić information content (AvgIpc) is 2.99. The maximum absolute atomic E-state index is 6.07. The molecule has 0 bridgehead atoms. The molecule has 0 saturated heterocycles. The van der Waals surface area contributed by atoms with E-state index in [1.807, 2.05) is 0 Å². The molecule has 2 heteroatoms. The Kier molecular flexibility index (Phi) is 5.07. The number of rotatable bonds is 7. The Bertz CT molecular complexity index is 175. The van der Waals surface area contributed by atoms with Crippen LogP contribution in [0, 0.1) is 11.8 Å². The Morgan fingerprint density at radius 1 is 1.33 bits per heavy atom. The molecule has 2 nitrogen and oxygen atoms in total. The third kappa shape index (κ3) is 4.12. The molecule has 90 valence electrons. The zero-order valence-corrected chi connectivity index (χ0v) is 10.9. The van der Waals surface area contributed by atoms with Crippen molar-refractivity contribution in [1.29, 1.82) is 0 Å². The van der Waals surface area contributed by atoms with Crippen molar-refractivity contribution in [3.8, 4) is 0 Å². The summed E-state index contributed by atoms with van der Waals surface area (Å²) in [6.45, 7) is 7.89. The molecule has 2 N–H and O–H groups in total. The highest BCUT2D eigenvalue weighted by molar-refractivity contribution is 4.86. The lowest BCUT2D eigenvalue weighted by Gasteiger charge is -2.28. The van der Waals surface area contributed by atoms with Crippen LogP contribution in [0.4, 0.5) is 0 Å². The average molecular weight is 212 g/mol. The maximum Gasteiger partial charge on any atom is 0.0118 e. The highest BCUT2D eigenvalue weighted by atomic mass is 15.1. The van der Waals surface area contributed by atoms with E-state index in [9.17, 15) is 0 Å². The van der Waals surface area contributed by atoms with Gasteiger partial charge in [-0.3, -0.25) is 0 Å². The molecule has 15 heavy (non-hydrogen) atoms. The molecule has 0 heterocycles. The van der Waals surface area contributed by atoms with Gasteiger partial charge in [0.2, 0.25) is 0 Å². The predicted molar refractivity (Wildman–Crippen MR) is 66.9 cm³/mol. The second-order valence-electron chi connectivity index (χ2n) is 5.49. The Labute approximate surface area is 95.2 Å². The molecule has 1 aliphatic carbocycles. The predicted octanol–water partition coefficient (Wildman–Crippen LogP) is 2.48. The van der Waals surface area contributed by atoms with E-state index >= 15 is 0 Å². The summed E-state index contributed by atoms with van der Waals surface area (Å²) in [5.41, 5.74) is 6.07. The van der Waals surface area contributed by atoms with Gasteiger partial charge in [0, 0.05) is 12.1 Å². The van der Waals surface area contributed by atoms with Gasteiger partial charge < -0.3 is 10.6 Å². The lowest BCUT2D eigenvalue weighted by molar-refractivity contribution is 0.200. The fraction of sp³-hybridized carbons (Fsp3) is 1.00. The van der Waals surface area contributed by atoms with E-state index in [1.54, 1.807) is 0 Å². The van der Waals surface area contributed by atoms with Crippen molar-refractivity contribution in [3.05, 3.63) is 0 Å². The molecule has 1 rings (SSSR count). The summed E-state index contributed by atoms with van der Waals surface area (Å²) in [5.74, 6) is 1.59. The molecular weight excluding hydrogens is 184 g/mol. The molecule has 0 amide bonds. The largest absolute Gasteiger partial charge is 0.327 e. The van der Waals surface area contributed by atoms with Crippen molar-refractivity contribution >= 4 is 0 Å². The first-order valence-corrected chi connectivity index (χ1v) is 6.52. The van der Waals surface area contributed by atoms with Crippen molar-refractivity contribution in [2.75, 3.05) is 13.6 Å². The van der Waals surface area contributed by atoms with Gasteiger partial charge in [0.15, 0.2) is 0 Å². The molecule has 0 aromatic rings. The number of nitrogens with two attached hydrogens (primary N) is 1. The summed E-state index contributed by atoms with van der Waals surface area (Å²) in [4.78, 5) is 2.53. The van der Waals surface area contributed by atoms with Gasteiger partial charge in [-0.15, -0.1) is 0 Å². The van der Waals surface area contributed by atoms with Crippen LogP contribution in [-0.4, -0.2) is 30.6 Å². The minimum absolute atomic E-state index is 0.365. The van der Waals surface area contributed by atoms with Gasteiger partial charge in [0.25, 0.3) is 0 Å². The Morgan fingerprint density at radius 2 is 1.93 bits per heavy atom. The Balaban J connectivity index is 2.24. The summed E-state index contributed by atoms with van der Waals surface area (Å²) < 4.78 is 0. The van der Waals surface area contributed by atoms with Gasteiger partial charge in [-0.05, 0) is 51.1 Å². The summed E-state index contributed by atoms with van der Waals surface area (Å²) in [7, 11) is 2.26. The van der Waals surface area contributed by atoms with Crippen molar-refractivity contribution in [3.63, 3.8) is 0 Å². The summed E-state index contributed by atoms with van der Waals surface area (Å²) in [6.07, 6.45) is 5.31. The van der Waals surface area contributed by atoms with E-state index in [0.29, 0.717) is 12.0 Å². The van der Waals surface area contributed by atoms with Gasteiger partial charge in [0.05, 0.1) is 0 Å². The Morgan fingerprint density at radius 3 is 2.33 bits per heavy atom. The quantitative estimate of drug-likeness (QED) is 0.702. The smallest absolute Gasteiger partial charge is 0.0118 e.